The SMILES string of the molecule is CC(NC(C)(C)CNC(=O)C1NNC2CCNCC21)c1ccccc1. The van der Waals surface area contributed by atoms with Gasteiger partial charge in [0.15, 0.2) is 0 Å². The van der Waals surface area contributed by atoms with Gasteiger partial charge in [0.25, 0.3) is 0 Å². The Balaban J connectivity index is 1.50. The first-order valence-corrected chi connectivity index (χ1v) is 9.28. The van der Waals surface area contributed by atoms with E-state index in [9.17, 15) is 4.79 Å². The van der Waals surface area contributed by atoms with Gasteiger partial charge in [0.1, 0.15) is 6.04 Å². The van der Waals surface area contributed by atoms with Crippen molar-refractivity contribution in [3.05, 3.63) is 35.9 Å². The summed E-state index contributed by atoms with van der Waals surface area (Å²) in [6.45, 7) is 8.88. The third kappa shape index (κ3) is 4.58. The van der Waals surface area contributed by atoms with E-state index in [1.165, 1.54) is 5.56 Å². The molecule has 4 atom stereocenters. The summed E-state index contributed by atoms with van der Waals surface area (Å²) in [6, 6.07) is 10.8. The Morgan fingerprint density at radius 3 is 2.80 bits per heavy atom. The summed E-state index contributed by atoms with van der Waals surface area (Å²) in [5.41, 5.74) is 7.51. The highest BCUT2D eigenvalue weighted by molar-refractivity contribution is 5.82. The van der Waals surface area contributed by atoms with E-state index < -0.39 is 0 Å². The maximum absolute atomic E-state index is 12.6. The molecule has 0 saturated carbocycles. The molecule has 2 fully saturated rings. The summed E-state index contributed by atoms with van der Waals surface area (Å²) in [5.74, 6) is 0.388. The standard InChI is InChI=1S/C19H31N5O/c1-13(14-7-5-4-6-8-14)22-19(2,3)12-21-18(25)17-15-11-20-10-9-16(15)23-24-17/h4-8,13,15-17,20,22-24H,9-12H2,1-3H3,(H,21,25). The summed E-state index contributed by atoms with van der Waals surface area (Å²) in [7, 11) is 0. The van der Waals surface area contributed by atoms with Crippen LogP contribution in [0.25, 0.3) is 0 Å². The van der Waals surface area contributed by atoms with E-state index in [2.05, 4.69) is 71.8 Å². The van der Waals surface area contributed by atoms with Gasteiger partial charge in [-0.25, -0.2) is 5.43 Å². The zero-order chi connectivity index (χ0) is 17.9. The van der Waals surface area contributed by atoms with Gasteiger partial charge < -0.3 is 16.0 Å². The van der Waals surface area contributed by atoms with E-state index in [1.807, 2.05) is 6.07 Å². The van der Waals surface area contributed by atoms with Crippen LogP contribution in [0, 0.1) is 5.92 Å². The van der Waals surface area contributed by atoms with E-state index in [1.54, 1.807) is 0 Å². The van der Waals surface area contributed by atoms with Crippen LogP contribution in [0.4, 0.5) is 0 Å². The van der Waals surface area contributed by atoms with Crippen molar-refractivity contribution in [1.29, 1.82) is 0 Å². The first kappa shape index (κ1) is 18.3. The zero-order valence-electron chi connectivity index (χ0n) is 15.4. The van der Waals surface area contributed by atoms with Gasteiger partial charge in [-0.2, -0.15) is 0 Å². The molecular weight excluding hydrogens is 314 g/mol. The van der Waals surface area contributed by atoms with Gasteiger partial charge in [-0.05, 0) is 39.3 Å². The lowest BCUT2D eigenvalue weighted by molar-refractivity contribution is -0.124. The summed E-state index contributed by atoms with van der Waals surface area (Å²) in [4.78, 5) is 12.6. The van der Waals surface area contributed by atoms with Crippen molar-refractivity contribution in [1.82, 2.24) is 26.8 Å². The molecule has 0 aromatic heterocycles. The van der Waals surface area contributed by atoms with Crippen LogP contribution in [0.3, 0.4) is 0 Å². The molecular formula is C19H31N5O. The fraction of sp³-hybridized carbons (Fsp3) is 0.632. The minimum absolute atomic E-state index is 0.0749. The van der Waals surface area contributed by atoms with Gasteiger partial charge in [0, 0.05) is 36.6 Å². The molecule has 2 aliphatic rings. The van der Waals surface area contributed by atoms with Crippen molar-refractivity contribution >= 4 is 5.91 Å². The first-order chi connectivity index (χ1) is 12.0. The van der Waals surface area contributed by atoms with Gasteiger partial charge in [0.05, 0.1) is 0 Å². The third-order valence-electron chi connectivity index (χ3n) is 5.28. The van der Waals surface area contributed by atoms with Gasteiger partial charge in [-0.1, -0.05) is 30.3 Å². The van der Waals surface area contributed by atoms with Crippen molar-refractivity contribution in [2.75, 3.05) is 19.6 Å². The molecule has 25 heavy (non-hydrogen) atoms. The lowest BCUT2D eigenvalue weighted by atomic mass is 9.89. The second-order valence-corrected chi connectivity index (χ2v) is 7.91. The molecule has 0 aliphatic carbocycles. The zero-order valence-corrected chi connectivity index (χ0v) is 15.4. The Morgan fingerprint density at radius 1 is 1.28 bits per heavy atom. The number of fused-ring (bicyclic) bond motifs is 1. The molecule has 2 aliphatic heterocycles. The van der Waals surface area contributed by atoms with Crippen molar-refractivity contribution in [2.45, 2.75) is 50.9 Å². The molecule has 2 saturated heterocycles. The maximum Gasteiger partial charge on any atom is 0.238 e. The number of rotatable bonds is 6. The van der Waals surface area contributed by atoms with Gasteiger partial charge >= 0.3 is 0 Å². The Bertz CT molecular complexity index is 576. The number of carbonyl (C=O) groups excluding carboxylic acids is 1. The molecule has 4 unspecified atom stereocenters. The van der Waals surface area contributed by atoms with E-state index in [4.69, 9.17) is 0 Å². The molecule has 2 heterocycles. The van der Waals surface area contributed by atoms with Crippen molar-refractivity contribution in [3.63, 3.8) is 0 Å². The van der Waals surface area contributed by atoms with Crippen molar-refractivity contribution < 1.29 is 4.79 Å². The largest absolute Gasteiger partial charge is 0.353 e. The summed E-state index contributed by atoms with van der Waals surface area (Å²) >= 11 is 0. The second-order valence-electron chi connectivity index (χ2n) is 7.91. The molecule has 1 amide bonds. The van der Waals surface area contributed by atoms with E-state index in [0.717, 1.165) is 19.5 Å². The lowest BCUT2D eigenvalue weighted by Crippen LogP contribution is -2.54. The summed E-state index contributed by atoms with van der Waals surface area (Å²) < 4.78 is 0. The Labute approximate surface area is 150 Å². The monoisotopic (exact) mass is 345 g/mol. The van der Waals surface area contributed by atoms with Crippen LogP contribution in [0.2, 0.25) is 0 Å². The number of hydrogen-bond acceptors (Lipinski definition) is 5. The fourth-order valence-corrected chi connectivity index (χ4v) is 3.86. The van der Waals surface area contributed by atoms with Crippen LogP contribution in [0.1, 0.15) is 38.8 Å². The highest BCUT2D eigenvalue weighted by atomic mass is 16.2. The first-order valence-electron chi connectivity index (χ1n) is 9.28. The Morgan fingerprint density at radius 2 is 2.04 bits per heavy atom. The average molecular weight is 345 g/mol. The fourth-order valence-electron chi connectivity index (χ4n) is 3.86. The quantitative estimate of drug-likeness (QED) is 0.524. The maximum atomic E-state index is 12.6. The van der Waals surface area contributed by atoms with Gasteiger partial charge in [-0.3, -0.25) is 10.2 Å². The van der Waals surface area contributed by atoms with Crippen LogP contribution < -0.4 is 26.8 Å². The van der Waals surface area contributed by atoms with Crippen molar-refractivity contribution in [3.8, 4) is 0 Å². The Hall–Kier alpha value is -1.47. The molecule has 0 bridgehead atoms. The van der Waals surface area contributed by atoms with E-state index in [-0.39, 0.29) is 23.5 Å². The summed E-state index contributed by atoms with van der Waals surface area (Å²) in [5, 5.41) is 10.1. The molecule has 1 aromatic carbocycles. The number of nitrogens with one attached hydrogen (secondary N) is 5. The second kappa shape index (κ2) is 7.83. The molecule has 1 aromatic rings. The lowest BCUT2D eigenvalue weighted by Gasteiger charge is -2.32. The smallest absolute Gasteiger partial charge is 0.238 e. The molecule has 0 spiro atoms. The predicted molar refractivity (Wildman–Crippen MR) is 99.9 cm³/mol. The molecule has 6 nitrogen and oxygen atoms in total. The average Bonchev–Trinajstić information content (AvgIpc) is 3.04. The molecule has 0 radical (unpaired) electrons. The van der Waals surface area contributed by atoms with Gasteiger partial charge in [0.2, 0.25) is 5.91 Å². The number of amides is 1. The molecule has 138 valence electrons. The number of piperidine rings is 1. The highest BCUT2D eigenvalue weighted by Gasteiger charge is 2.41. The third-order valence-corrected chi connectivity index (χ3v) is 5.28. The predicted octanol–water partition coefficient (Wildman–Crippen LogP) is 0.687. The normalized spacial score (nSPS) is 27.6. The van der Waals surface area contributed by atoms with Crippen LogP contribution >= 0.6 is 0 Å². The summed E-state index contributed by atoms with van der Waals surface area (Å²) in [6.07, 6.45) is 1.06. The van der Waals surface area contributed by atoms with Crippen molar-refractivity contribution in [2.24, 2.45) is 5.92 Å². The molecule has 6 heteroatoms. The van der Waals surface area contributed by atoms with Crippen LogP contribution in [0.15, 0.2) is 30.3 Å². The highest BCUT2D eigenvalue weighted by Crippen LogP contribution is 2.20. The Kier molecular flexibility index (Phi) is 5.74. The molecule has 3 rings (SSSR count). The van der Waals surface area contributed by atoms with Crippen LogP contribution in [-0.4, -0.2) is 43.2 Å². The minimum Gasteiger partial charge on any atom is -0.353 e. The van der Waals surface area contributed by atoms with E-state index >= 15 is 0 Å². The van der Waals surface area contributed by atoms with Gasteiger partial charge in [-0.15, -0.1) is 0 Å². The number of hydrogen-bond donors (Lipinski definition) is 5. The van der Waals surface area contributed by atoms with E-state index in [0.29, 0.717) is 18.5 Å². The minimum atomic E-state index is -0.193. The molecule has 5 N–H and O–H groups in total. The van der Waals surface area contributed by atoms with Crippen LogP contribution in [0.5, 0.6) is 0 Å². The topological polar surface area (TPSA) is 77.2 Å². The van der Waals surface area contributed by atoms with Crippen LogP contribution in [-0.2, 0) is 4.79 Å². The number of hydrazine groups is 1. The number of carbonyl (C=O) groups is 1. The number of benzene rings is 1.